The second-order valence-corrected chi connectivity index (χ2v) is 14.6. The van der Waals surface area contributed by atoms with E-state index in [-0.39, 0.29) is 36.2 Å². The molecule has 290 valence electrons. The third-order valence-corrected chi connectivity index (χ3v) is 8.87. The number of carboxylic acid groups (broad SMARTS) is 1. The summed E-state index contributed by atoms with van der Waals surface area (Å²) in [5.41, 5.74) is 0. The largest absolute Gasteiger partial charge is 0.477 e. The highest BCUT2D eigenvalue weighted by molar-refractivity contribution is 5.72. The lowest BCUT2D eigenvalue weighted by Crippen LogP contribution is -2.50. The monoisotopic (exact) mass is 707 g/mol. The van der Waals surface area contributed by atoms with Crippen molar-refractivity contribution in [2.24, 2.45) is 0 Å². The Labute approximate surface area is 306 Å². The summed E-state index contributed by atoms with van der Waals surface area (Å²) < 4.78 is 17.2. The zero-order chi connectivity index (χ0) is 37.1. The summed E-state index contributed by atoms with van der Waals surface area (Å²) >= 11 is 0. The molecular weight excluding hydrogens is 630 g/mol. The molecular formula is C42H76NO7+. The highest BCUT2D eigenvalue weighted by atomic mass is 16.6. The van der Waals surface area contributed by atoms with Crippen molar-refractivity contribution in [3.8, 4) is 0 Å². The summed E-state index contributed by atoms with van der Waals surface area (Å²) in [6, 6.07) is -0.614. The first-order chi connectivity index (χ1) is 24.1. The normalized spacial score (nSPS) is 13.4. The van der Waals surface area contributed by atoms with Crippen molar-refractivity contribution < 1.29 is 38.2 Å². The Hall–Kier alpha value is -2.45. The molecule has 0 aliphatic rings. The SMILES string of the molecule is CC/C=C/C=C/C=C/CCCCCCCCCC(=O)OC(COCCC(C(=O)O)[N+](C)(C)C)COC(=O)CCCCCCCCCCCCC. The average molecular weight is 707 g/mol. The van der Waals surface area contributed by atoms with E-state index in [2.05, 4.69) is 50.3 Å². The van der Waals surface area contributed by atoms with Crippen LogP contribution in [0.5, 0.6) is 0 Å². The van der Waals surface area contributed by atoms with E-state index in [0.29, 0.717) is 19.3 Å². The zero-order valence-corrected chi connectivity index (χ0v) is 32.8. The van der Waals surface area contributed by atoms with Crippen LogP contribution in [0.3, 0.4) is 0 Å². The third kappa shape index (κ3) is 31.5. The highest BCUT2D eigenvalue weighted by Gasteiger charge is 2.31. The van der Waals surface area contributed by atoms with Crippen molar-refractivity contribution in [1.82, 2.24) is 0 Å². The summed E-state index contributed by atoms with van der Waals surface area (Å²) in [6.45, 7) is 4.58. The molecule has 0 aromatic rings. The number of hydrogen-bond donors (Lipinski definition) is 1. The molecule has 0 fully saturated rings. The van der Waals surface area contributed by atoms with Crippen molar-refractivity contribution in [1.29, 1.82) is 0 Å². The molecule has 0 saturated heterocycles. The first-order valence-corrected chi connectivity index (χ1v) is 20.1. The van der Waals surface area contributed by atoms with Crippen molar-refractivity contribution in [3.63, 3.8) is 0 Å². The number of unbranched alkanes of at least 4 members (excludes halogenated alkanes) is 17. The van der Waals surface area contributed by atoms with Crippen LogP contribution in [0, 0.1) is 0 Å². The van der Waals surface area contributed by atoms with Crippen LogP contribution >= 0.6 is 0 Å². The number of nitrogens with zero attached hydrogens (tertiary/aromatic N) is 1. The number of likely N-dealkylation sites (N-methyl/N-ethyl adjacent to an activating group) is 1. The van der Waals surface area contributed by atoms with Crippen LogP contribution in [0.1, 0.15) is 162 Å². The minimum absolute atomic E-state index is 0.0539. The van der Waals surface area contributed by atoms with Gasteiger partial charge in [-0.15, -0.1) is 0 Å². The third-order valence-electron chi connectivity index (χ3n) is 8.87. The van der Waals surface area contributed by atoms with Crippen LogP contribution < -0.4 is 0 Å². The number of rotatable bonds is 35. The molecule has 0 aliphatic carbocycles. The number of carboxylic acids is 1. The van der Waals surface area contributed by atoms with Crippen molar-refractivity contribution in [2.45, 2.75) is 174 Å². The Balaban J connectivity index is 4.41. The molecule has 0 radical (unpaired) electrons. The van der Waals surface area contributed by atoms with Gasteiger partial charge in [0, 0.05) is 19.3 Å². The Bertz CT molecular complexity index is 922. The van der Waals surface area contributed by atoms with E-state index in [1.54, 1.807) is 0 Å². The Kier molecular flexibility index (Phi) is 32.0. The summed E-state index contributed by atoms with van der Waals surface area (Å²) in [7, 11) is 5.51. The molecule has 8 heteroatoms. The van der Waals surface area contributed by atoms with Gasteiger partial charge in [0.05, 0.1) is 34.4 Å². The van der Waals surface area contributed by atoms with Crippen LogP contribution in [0.2, 0.25) is 0 Å². The van der Waals surface area contributed by atoms with E-state index in [1.807, 2.05) is 21.1 Å². The number of carbonyl (C=O) groups excluding carboxylic acids is 2. The van der Waals surface area contributed by atoms with Gasteiger partial charge in [0.15, 0.2) is 12.1 Å². The van der Waals surface area contributed by atoms with Crippen molar-refractivity contribution >= 4 is 17.9 Å². The molecule has 8 nitrogen and oxygen atoms in total. The number of hydrogen-bond acceptors (Lipinski definition) is 6. The van der Waals surface area contributed by atoms with Gasteiger partial charge in [-0.25, -0.2) is 4.79 Å². The molecule has 0 rings (SSSR count). The van der Waals surface area contributed by atoms with Crippen molar-refractivity contribution in [2.75, 3.05) is 41.0 Å². The maximum atomic E-state index is 12.7. The predicted octanol–water partition coefficient (Wildman–Crippen LogP) is 10.3. The zero-order valence-electron chi connectivity index (χ0n) is 32.8. The average Bonchev–Trinajstić information content (AvgIpc) is 3.06. The van der Waals surface area contributed by atoms with Crippen LogP contribution in [0.25, 0.3) is 0 Å². The molecule has 0 bridgehead atoms. The van der Waals surface area contributed by atoms with E-state index in [9.17, 15) is 19.5 Å². The number of allylic oxidation sites excluding steroid dienone is 6. The van der Waals surface area contributed by atoms with Gasteiger partial charge < -0.3 is 23.8 Å². The van der Waals surface area contributed by atoms with Gasteiger partial charge in [-0.05, 0) is 32.1 Å². The molecule has 0 saturated carbocycles. The lowest BCUT2D eigenvalue weighted by Gasteiger charge is -2.31. The van der Waals surface area contributed by atoms with Crippen LogP contribution in [0.4, 0.5) is 0 Å². The second kappa shape index (κ2) is 33.7. The number of ether oxygens (including phenoxy) is 3. The number of aliphatic carboxylic acids is 1. The lowest BCUT2D eigenvalue weighted by molar-refractivity contribution is -0.887. The van der Waals surface area contributed by atoms with E-state index >= 15 is 0 Å². The van der Waals surface area contributed by atoms with Gasteiger partial charge in [-0.1, -0.05) is 147 Å². The predicted molar refractivity (Wildman–Crippen MR) is 206 cm³/mol. The van der Waals surface area contributed by atoms with Crippen LogP contribution in [0.15, 0.2) is 36.5 Å². The number of esters is 2. The first-order valence-electron chi connectivity index (χ1n) is 20.1. The molecule has 0 amide bonds. The van der Waals surface area contributed by atoms with Gasteiger partial charge in [0.25, 0.3) is 0 Å². The van der Waals surface area contributed by atoms with E-state index < -0.39 is 18.1 Å². The standard InChI is InChI=1S/C42H75NO7/c1-6-8-10-12-14-16-18-19-20-21-23-25-27-29-31-33-41(45)50-38(36-48-35-34-39(42(46)47)43(3,4)5)37-49-40(44)32-30-28-26-24-22-17-15-13-11-9-7-2/h8,10,12,14,16,18,38-39H,6-7,9,11,13,15,17,19-37H2,1-5H3/p+1/b10-8+,14-12+,18-16+. The molecule has 0 aromatic carbocycles. The maximum Gasteiger partial charge on any atom is 0.362 e. The van der Waals surface area contributed by atoms with Gasteiger partial charge >= 0.3 is 17.9 Å². The fourth-order valence-corrected chi connectivity index (χ4v) is 5.74. The van der Waals surface area contributed by atoms with Gasteiger partial charge in [0.1, 0.15) is 6.61 Å². The minimum atomic E-state index is -0.878. The molecule has 0 aliphatic heterocycles. The molecule has 1 N–H and O–H groups in total. The maximum absolute atomic E-state index is 12.7. The topological polar surface area (TPSA) is 99.1 Å². The fourth-order valence-electron chi connectivity index (χ4n) is 5.74. The van der Waals surface area contributed by atoms with Gasteiger partial charge in [0.2, 0.25) is 0 Å². The second-order valence-electron chi connectivity index (χ2n) is 14.6. The summed E-state index contributed by atoms with van der Waals surface area (Å²) in [4.78, 5) is 36.8. The molecule has 50 heavy (non-hydrogen) atoms. The van der Waals surface area contributed by atoms with Crippen LogP contribution in [-0.2, 0) is 28.6 Å². The van der Waals surface area contributed by atoms with Crippen molar-refractivity contribution in [3.05, 3.63) is 36.5 Å². The quantitative estimate of drug-likeness (QED) is 0.0303. The van der Waals surface area contributed by atoms with Gasteiger partial charge in [-0.2, -0.15) is 0 Å². The van der Waals surface area contributed by atoms with Crippen LogP contribution in [-0.4, -0.2) is 80.6 Å². The molecule has 0 aromatic heterocycles. The fraction of sp³-hybridized carbons (Fsp3) is 0.786. The highest BCUT2D eigenvalue weighted by Crippen LogP contribution is 2.14. The first kappa shape index (κ1) is 47.5. The summed E-state index contributed by atoms with van der Waals surface area (Å²) in [5, 5.41) is 9.59. The van der Waals surface area contributed by atoms with Gasteiger partial charge in [-0.3, -0.25) is 9.59 Å². The Morgan fingerprint density at radius 2 is 1.12 bits per heavy atom. The lowest BCUT2D eigenvalue weighted by atomic mass is 10.1. The van der Waals surface area contributed by atoms with E-state index in [1.165, 1.54) is 70.6 Å². The van der Waals surface area contributed by atoms with E-state index in [0.717, 1.165) is 57.8 Å². The molecule has 2 unspecified atom stereocenters. The Morgan fingerprint density at radius 1 is 0.620 bits per heavy atom. The smallest absolute Gasteiger partial charge is 0.362 e. The number of carbonyl (C=O) groups is 3. The number of quaternary nitrogens is 1. The minimum Gasteiger partial charge on any atom is -0.477 e. The molecule has 2 atom stereocenters. The molecule has 0 heterocycles. The molecule has 0 spiro atoms. The van der Waals surface area contributed by atoms with E-state index in [4.69, 9.17) is 14.2 Å². The summed E-state index contributed by atoms with van der Waals surface area (Å²) in [6.07, 6.45) is 36.1. The Morgan fingerprint density at radius 3 is 1.64 bits per heavy atom. The summed E-state index contributed by atoms with van der Waals surface area (Å²) in [5.74, 6) is -1.48.